The van der Waals surface area contributed by atoms with E-state index in [0.29, 0.717) is 6.61 Å². The molecule has 0 saturated heterocycles. The van der Waals surface area contributed by atoms with Gasteiger partial charge in [0.05, 0.1) is 13.2 Å². The third kappa shape index (κ3) is 3.91. The second-order valence-corrected chi connectivity index (χ2v) is 6.68. The maximum atomic E-state index is 8.64. The fraction of sp³-hybridized carbons (Fsp3) is 0.400. The molecule has 0 bridgehead atoms. The molecule has 0 atom stereocenters. The summed E-state index contributed by atoms with van der Waals surface area (Å²) in [6.45, 7) is 4.28. The molecule has 0 heterocycles. The minimum atomic E-state index is -2.13. The lowest BCUT2D eigenvalue weighted by Crippen LogP contribution is -2.39. The highest BCUT2D eigenvalue weighted by atomic mass is 28.4. The summed E-state index contributed by atoms with van der Waals surface area (Å²) < 4.78 is 11.2. The van der Waals surface area contributed by atoms with Gasteiger partial charge in [-0.2, -0.15) is 0 Å². The van der Waals surface area contributed by atoms with Crippen molar-refractivity contribution in [3.8, 4) is 5.75 Å². The van der Waals surface area contributed by atoms with Crippen molar-refractivity contribution in [3.63, 3.8) is 0 Å². The highest BCUT2D eigenvalue weighted by molar-refractivity contribution is 6.65. The summed E-state index contributed by atoms with van der Waals surface area (Å²) >= 11 is 0. The Morgan fingerprint density at radius 2 is 1.86 bits per heavy atom. The lowest BCUT2D eigenvalue weighted by Gasteiger charge is -2.23. The first-order valence-electron chi connectivity index (χ1n) is 4.63. The summed E-state index contributed by atoms with van der Waals surface area (Å²) in [4.78, 5) is 0. The molecule has 1 rings (SSSR count). The molecule has 0 radical (unpaired) electrons. The molecule has 1 N–H and O–H groups in total. The van der Waals surface area contributed by atoms with E-state index in [0.717, 1.165) is 5.75 Å². The topological polar surface area (TPSA) is 38.7 Å². The van der Waals surface area contributed by atoms with Crippen molar-refractivity contribution < 1.29 is 14.0 Å². The zero-order valence-electron chi connectivity index (χ0n) is 8.56. The summed E-state index contributed by atoms with van der Waals surface area (Å²) in [5.41, 5.74) is 0. The SMILES string of the molecule is C[Si](C)(OCCO)Oc1ccccc1. The Morgan fingerprint density at radius 1 is 1.21 bits per heavy atom. The van der Waals surface area contributed by atoms with Crippen molar-refractivity contribution in [2.45, 2.75) is 13.1 Å². The number of benzene rings is 1. The van der Waals surface area contributed by atoms with E-state index in [9.17, 15) is 0 Å². The largest absolute Gasteiger partial charge is 0.520 e. The van der Waals surface area contributed by atoms with E-state index in [1.165, 1.54) is 0 Å². The fourth-order valence-electron chi connectivity index (χ4n) is 1.09. The molecule has 0 spiro atoms. The van der Waals surface area contributed by atoms with Crippen molar-refractivity contribution in [1.29, 1.82) is 0 Å². The predicted molar refractivity (Wildman–Crippen MR) is 57.6 cm³/mol. The number of aliphatic hydroxyl groups excluding tert-OH is 1. The first kappa shape index (κ1) is 11.2. The lowest BCUT2D eigenvalue weighted by atomic mass is 10.3. The molecule has 0 fully saturated rings. The summed E-state index contributed by atoms with van der Waals surface area (Å²) in [6, 6.07) is 9.59. The van der Waals surface area contributed by atoms with Gasteiger partial charge in [-0.25, -0.2) is 0 Å². The van der Waals surface area contributed by atoms with Gasteiger partial charge in [0.2, 0.25) is 0 Å². The van der Waals surface area contributed by atoms with E-state index in [1.54, 1.807) is 0 Å². The maximum absolute atomic E-state index is 8.64. The second kappa shape index (κ2) is 5.14. The van der Waals surface area contributed by atoms with Crippen molar-refractivity contribution in [1.82, 2.24) is 0 Å². The molecule has 0 aliphatic heterocycles. The Bertz CT molecular complexity index is 261. The van der Waals surface area contributed by atoms with Crippen LogP contribution >= 0.6 is 0 Å². The average molecular weight is 212 g/mol. The van der Waals surface area contributed by atoms with Crippen LogP contribution in [0.25, 0.3) is 0 Å². The number of aliphatic hydroxyl groups is 1. The van der Waals surface area contributed by atoms with Gasteiger partial charge >= 0.3 is 8.56 Å². The summed E-state index contributed by atoms with van der Waals surface area (Å²) in [7, 11) is -2.13. The lowest BCUT2D eigenvalue weighted by molar-refractivity contribution is 0.173. The van der Waals surface area contributed by atoms with Crippen LogP contribution in [0, 0.1) is 0 Å². The van der Waals surface area contributed by atoms with Gasteiger partial charge in [-0.1, -0.05) is 18.2 Å². The zero-order valence-corrected chi connectivity index (χ0v) is 9.56. The van der Waals surface area contributed by atoms with Crippen LogP contribution in [-0.2, 0) is 4.43 Å². The van der Waals surface area contributed by atoms with E-state index < -0.39 is 8.56 Å². The minimum Gasteiger partial charge on any atom is -0.520 e. The molecule has 0 saturated carbocycles. The molecule has 78 valence electrons. The number of para-hydroxylation sites is 1. The van der Waals surface area contributed by atoms with Crippen LogP contribution in [0.4, 0.5) is 0 Å². The maximum Gasteiger partial charge on any atom is 0.392 e. The van der Waals surface area contributed by atoms with E-state index in [4.69, 9.17) is 14.0 Å². The normalized spacial score (nSPS) is 11.4. The molecule has 4 heteroatoms. The van der Waals surface area contributed by atoms with Crippen molar-refractivity contribution >= 4 is 8.56 Å². The first-order valence-corrected chi connectivity index (χ1v) is 7.44. The van der Waals surface area contributed by atoms with E-state index in [-0.39, 0.29) is 6.61 Å². The van der Waals surface area contributed by atoms with Crippen LogP contribution in [0.1, 0.15) is 0 Å². The molecule has 0 unspecified atom stereocenters. The molecule has 0 aliphatic carbocycles. The molecular weight excluding hydrogens is 196 g/mol. The molecular formula is C10H16O3Si. The van der Waals surface area contributed by atoms with Gasteiger partial charge in [0.25, 0.3) is 0 Å². The third-order valence-corrected chi connectivity index (χ3v) is 3.27. The number of hydrogen-bond donors (Lipinski definition) is 1. The number of rotatable bonds is 5. The van der Waals surface area contributed by atoms with Gasteiger partial charge in [0, 0.05) is 0 Å². The van der Waals surface area contributed by atoms with Crippen molar-refractivity contribution in [2.24, 2.45) is 0 Å². The summed E-state index contributed by atoms with van der Waals surface area (Å²) in [5.74, 6) is 0.821. The van der Waals surface area contributed by atoms with Crippen LogP contribution in [0.5, 0.6) is 5.75 Å². The summed E-state index contributed by atoms with van der Waals surface area (Å²) in [6.07, 6.45) is 0. The van der Waals surface area contributed by atoms with E-state index in [2.05, 4.69) is 0 Å². The van der Waals surface area contributed by atoms with Crippen LogP contribution in [-0.4, -0.2) is 26.9 Å². The number of hydrogen-bond acceptors (Lipinski definition) is 3. The second-order valence-electron chi connectivity index (χ2n) is 3.39. The molecule has 14 heavy (non-hydrogen) atoms. The standard InChI is InChI=1S/C10H16O3Si/c1-14(2,12-9-8-11)13-10-6-4-3-5-7-10/h3-7,11H,8-9H2,1-2H3. The Labute approximate surface area is 85.5 Å². The average Bonchev–Trinajstić information content (AvgIpc) is 2.16. The minimum absolute atomic E-state index is 0.0363. The Hall–Kier alpha value is -0.843. The van der Waals surface area contributed by atoms with Gasteiger partial charge in [0.15, 0.2) is 0 Å². The Kier molecular flexibility index (Phi) is 4.12. The van der Waals surface area contributed by atoms with E-state index >= 15 is 0 Å². The molecule has 0 aliphatic rings. The van der Waals surface area contributed by atoms with Gasteiger partial charge in [-0.15, -0.1) is 0 Å². The fourth-order valence-corrected chi connectivity index (χ4v) is 2.44. The molecule has 3 nitrogen and oxygen atoms in total. The third-order valence-electron chi connectivity index (χ3n) is 1.65. The predicted octanol–water partition coefficient (Wildman–Crippen LogP) is 1.78. The van der Waals surface area contributed by atoms with Crippen LogP contribution < -0.4 is 4.43 Å². The molecule has 0 amide bonds. The summed E-state index contributed by atoms with van der Waals surface area (Å²) in [5, 5.41) is 8.64. The Morgan fingerprint density at radius 3 is 2.43 bits per heavy atom. The highest BCUT2D eigenvalue weighted by Gasteiger charge is 2.26. The monoisotopic (exact) mass is 212 g/mol. The van der Waals surface area contributed by atoms with Crippen molar-refractivity contribution in [2.75, 3.05) is 13.2 Å². The van der Waals surface area contributed by atoms with Gasteiger partial charge < -0.3 is 14.0 Å². The zero-order chi connectivity index (χ0) is 10.4. The van der Waals surface area contributed by atoms with E-state index in [1.807, 2.05) is 43.4 Å². The molecule has 0 aromatic heterocycles. The highest BCUT2D eigenvalue weighted by Crippen LogP contribution is 2.15. The van der Waals surface area contributed by atoms with Crippen LogP contribution in [0.2, 0.25) is 13.1 Å². The quantitative estimate of drug-likeness (QED) is 0.756. The molecule has 1 aromatic rings. The van der Waals surface area contributed by atoms with Gasteiger partial charge in [-0.3, -0.25) is 0 Å². The van der Waals surface area contributed by atoms with Crippen molar-refractivity contribution in [3.05, 3.63) is 30.3 Å². The Balaban J connectivity index is 2.50. The molecule has 1 aromatic carbocycles. The first-order chi connectivity index (χ1) is 6.64. The van der Waals surface area contributed by atoms with Gasteiger partial charge in [-0.05, 0) is 25.2 Å². The van der Waals surface area contributed by atoms with Crippen LogP contribution in [0.3, 0.4) is 0 Å². The van der Waals surface area contributed by atoms with Gasteiger partial charge in [0.1, 0.15) is 5.75 Å². The van der Waals surface area contributed by atoms with Crippen LogP contribution in [0.15, 0.2) is 30.3 Å². The smallest absolute Gasteiger partial charge is 0.392 e.